The standard InChI is InChI=1S/C26H28N2O3/c1-3-4-16-31-23-17-21(30-2)14-15-22(23)25-24(27)26(29)28(25)20-12-10-19(11-13-20)18-8-6-5-7-9-18/h5-15,17,24-25H,3-4,16,27H2,1-2H3/t24-,25-/m1/s1. The second-order valence-corrected chi connectivity index (χ2v) is 7.70. The molecular formula is C26H28N2O3. The highest BCUT2D eigenvalue weighted by Crippen LogP contribution is 2.43. The molecule has 4 rings (SSSR count). The van der Waals surface area contributed by atoms with Gasteiger partial charge in [0.1, 0.15) is 17.5 Å². The van der Waals surface area contributed by atoms with E-state index < -0.39 is 6.04 Å². The Bertz CT molecular complexity index is 1030. The number of rotatable bonds is 8. The predicted molar refractivity (Wildman–Crippen MR) is 123 cm³/mol. The largest absolute Gasteiger partial charge is 0.497 e. The lowest BCUT2D eigenvalue weighted by molar-refractivity contribution is -0.126. The van der Waals surface area contributed by atoms with Crippen LogP contribution >= 0.6 is 0 Å². The van der Waals surface area contributed by atoms with Gasteiger partial charge in [-0.3, -0.25) is 4.79 Å². The summed E-state index contributed by atoms with van der Waals surface area (Å²) in [6.45, 7) is 2.73. The van der Waals surface area contributed by atoms with Crippen LogP contribution in [-0.4, -0.2) is 25.7 Å². The molecule has 0 aromatic heterocycles. The summed E-state index contributed by atoms with van der Waals surface area (Å²) >= 11 is 0. The number of carbonyl (C=O) groups is 1. The number of methoxy groups -OCH3 is 1. The molecule has 5 nitrogen and oxygen atoms in total. The van der Waals surface area contributed by atoms with Crippen molar-refractivity contribution in [3.63, 3.8) is 0 Å². The summed E-state index contributed by atoms with van der Waals surface area (Å²) in [7, 11) is 1.63. The van der Waals surface area contributed by atoms with Gasteiger partial charge in [-0.15, -0.1) is 0 Å². The number of benzene rings is 3. The van der Waals surface area contributed by atoms with Gasteiger partial charge in [0, 0.05) is 17.3 Å². The van der Waals surface area contributed by atoms with Crippen molar-refractivity contribution in [3.8, 4) is 22.6 Å². The molecule has 0 unspecified atom stereocenters. The summed E-state index contributed by atoms with van der Waals surface area (Å²) in [5.74, 6) is 1.34. The third kappa shape index (κ3) is 4.14. The van der Waals surface area contributed by atoms with Crippen molar-refractivity contribution in [2.45, 2.75) is 31.8 Å². The number of amides is 1. The van der Waals surface area contributed by atoms with Gasteiger partial charge < -0.3 is 20.1 Å². The first-order valence-corrected chi connectivity index (χ1v) is 10.7. The van der Waals surface area contributed by atoms with Crippen LogP contribution in [0, 0.1) is 0 Å². The molecule has 0 spiro atoms. The first-order valence-electron chi connectivity index (χ1n) is 10.7. The van der Waals surface area contributed by atoms with Crippen LogP contribution in [0.4, 0.5) is 5.69 Å². The van der Waals surface area contributed by atoms with E-state index in [1.807, 2.05) is 60.7 Å². The lowest BCUT2D eigenvalue weighted by Gasteiger charge is -2.46. The smallest absolute Gasteiger partial charge is 0.247 e. The van der Waals surface area contributed by atoms with Crippen molar-refractivity contribution in [3.05, 3.63) is 78.4 Å². The number of nitrogens with two attached hydrogens (primary N) is 1. The summed E-state index contributed by atoms with van der Waals surface area (Å²) in [6, 6.07) is 23.0. The maximum Gasteiger partial charge on any atom is 0.247 e. The molecule has 31 heavy (non-hydrogen) atoms. The third-order valence-corrected chi connectivity index (χ3v) is 5.69. The highest BCUT2D eigenvalue weighted by Gasteiger charge is 2.47. The van der Waals surface area contributed by atoms with Crippen molar-refractivity contribution in [2.24, 2.45) is 5.73 Å². The molecule has 1 amide bonds. The fourth-order valence-electron chi connectivity index (χ4n) is 3.91. The molecule has 160 valence electrons. The van der Waals surface area contributed by atoms with Crippen LogP contribution < -0.4 is 20.1 Å². The molecule has 2 atom stereocenters. The van der Waals surface area contributed by atoms with E-state index in [0.29, 0.717) is 18.1 Å². The third-order valence-electron chi connectivity index (χ3n) is 5.69. The lowest BCUT2D eigenvalue weighted by atomic mass is 9.87. The molecule has 1 saturated heterocycles. The zero-order chi connectivity index (χ0) is 21.8. The molecule has 1 heterocycles. The van der Waals surface area contributed by atoms with E-state index in [1.54, 1.807) is 12.0 Å². The van der Waals surface area contributed by atoms with E-state index in [1.165, 1.54) is 0 Å². The number of β-lactam (4-membered cyclic amide) rings is 1. The van der Waals surface area contributed by atoms with Crippen molar-refractivity contribution in [1.29, 1.82) is 0 Å². The number of carbonyl (C=O) groups excluding carboxylic acids is 1. The average molecular weight is 417 g/mol. The minimum Gasteiger partial charge on any atom is -0.497 e. The quantitative estimate of drug-likeness (QED) is 0.417. The Labute approximate surface area is 183 Å². The molecule has 3 aromatic carbocycles. The van der Waals surface area contributed by atoms with Crippen LogP contribution in [0.25, 0.3) is 11.1 Å². The van der Waals surface area contributed by atoms with Gasteiger partial charge in [-0.2, -0.15) is 0 Å². The number of anilines is 1. The second-order valence-electron chi connectivity index (χ2n) is 7.70. The van der Waals surface area contributed by atoms with Crippen LogP contribution in [-0.2, 0) is 4.79 Å². The number of nitrogens with zero attached hydrogens (tertiary/aromatic N) is 1. The van der Waals surface area contributed by atoms with Crippen LogP contribution in [0.1, 0.15) is 31.4 Å². The van der Waals surface area contributed by atoms with Crippen LogP contribution in [0.5, 0.6) is 11.5 Å². The topological polar surface area (TPSA) is 64.8 Å². The maximum atomic E-state index is 12.7. The predicted octanol–water partition coefficient (Wildman–Crippen LogP) is 4.96. The molecule has 0 aliphatic carbocycles. The fourth-order valence-corrected chi connectivity index (χ4v) is 3.91. The monoisotopic (exact) mass is 416 g/mol. The van der Waals surface area contributed by atoms with Crippen LogP contribution in [0.15, 0.2) is 72.8 Å². The summed E-state index contributed by atoms with van der Waals surface area (Å²) in [6.07, 6.45) is 2.00. The van der Waals surface area contributed by atoms with E-state index in [4.69, 9.17) is 15.2 Å². The maximum absolute atomic E-state index is 12.7. The highest BCUT2D eigenvalue weighted by atomic mass is 16.5. The van der Waals surface area contributed by atoms with Gasteiger partial charge in [-0.1, -0.05) is 55.8 Å². The molecule has 2 N–H and O–H groups in total. The molecule has 0 saturated carbocycles. The van der Waals surface area contributed by atoms with Crippen molar-refractivity contribution >= 4 is 11.6 Å². The lowest BCUT2D eigenvalue weighted by Crippen LogP contribution is -2.63. The minimum atomic E-state index is -0.601. The van der Waals surface area contributed by atoms with E-state index in [-0.39, 0.29) is 11.9 Å². The Morgan fingerprint density at radius 1 is 0.968 bits per heavy atom. The Morgan fingerprint density at radius 3 is 2.35 bits per heavy atom. The Balaban J connectivity index is 1.63. The van der Waals surface area contributed by atoms with Gasteiger partial charge >= 0.3 is 0 Å². The summed E-state index contributed by atoms with van der Waals surface area (Å²) < 4.78 is 11.4. The normalized spacial score (nSPS) is 17.9. The average Bonchev–Trinajstić information content (AvgIpc) is 2.83. The first-order chi connectivity index (χ1) is 15.1. The van der Waals surface area contributed by atoms with Gasteiger partial charge in [0.2, 0.25) is 5.91 Å². The molecule has 5 heteroatoms. The van der Waals surface area contributed by atoms with Crippen molar-refractivity contribution < 1.29 is 14.3 Å². The van der Waals surface area contributed by atoms with Gasteiger partial charge in [0.05, 0.1) is 19.8 Å². The zero-order valence-electron chi connectivity index (χ0n) is 18.0. The number of hydrogen-bond acceptors (Lipinski definition) is 4. The SMILES string of the molecule is CCCCOc1cc(OC)ccc1[C@@H]1[C@@H](N)C(=O)N1c1ccc(-c2ccccc2)cc1. The van der Waals surface area contributed by atoms with E-state index in [0.717, 1.165) is 35.2 Å². The molecule has 0 radical (unpaired) electrons. The number of ether oxygens (including phenoxy) is 2. The van der Waals surface area contributed by atoms with E-state index in [9.17, 15) is 4.79 Å². The molecule has 1 aliphatic heterocycles. The minimum absolute atomic E-state index is 0.0900. The summed E-state index contributed by atoms with van der Waals surface area (Å²) in [5, 5.41) is 0. The van der Waals surface area contributed by atoms with Gasteiger partial charge in [0.25, 0.3) is 0 Å². The number of unbranched alkanes of at least 4 members (excludes halogenated alkanes) is 1. The Morgan fingerprint density at radius 2 is 1.68 bits per heavy atom. The number of hydrogen-bond donors (Lipinski definition) is 1. The Hall–Kier alpha value is -3.31. The van der Waals surface area contributed by atoms with Gasteiger partial charge in [0.15, 0.2) is 0 Å². The summed E-state index contributed by atoms with van der Waals surface area (Å²) in [5.41, 5.74) is 10.2. The van der Waals surface area contributed by atoms with E-state index >= 15 is 0 Å². The molecule has 1 aliphatic rings. The molecule has 0 bridgehead atoms. The fraction of sp³-hybridized carbons (Fsp3) is 0.269. The van der Waals surface area contributed by atoms with Crippen LogP contribution in [0.3, 0.4) is 0 Å². The molecule has 3 aromatic rings. The molecular weight excluding hydrogens is 388 g/mol. The Kier molecular flexibility index (Phi) is 6.23. The summed E-state index contributed by atoms with van der Waals surface area (Å²) in [4.78, 5) is 14.5. The van der Waals surface area contributed by atoms with E-state index in [2.05, 4.69) is 19.1 Å². The second kappa shape index (κ2) is 9.23. The molecule has 1 fully saturated rings. The highest BCUT2D eigenvalue weighted by molar-refractivity contribution is 6.06. The van der Waals surface area contributed by atoms with Crippen molar-refractivity contribution in [1.82, 2.24) is 0 Å². The first kappa shape index (κ1) is 20.9. The van der Waals surface area contributed by atoms with Crippen LogP contribution in [0.2, 0.25) is 0 Å². The van der Waals surface area contributed by atoms with Gasteiger partial charge in [-0.05, 0) is 41.8 Å². The van der Waals surface area contributed by atoms with Crippen molar-refractivity contribution in [2.75, 3.05) is 18.6 Å². The van der Waals surface area contributed by atoms with Gasteiger partial charge in [-0.25, -0.2) is 0 Å². The zero-order valence-corrected chi connectivity index (χ0v) is 18.0.